The van der Waals surface area contributed by atoms with Crippen molar-refractivity contribution in [2.75, 3.05) is 13.7 Å². The molecule has 0 amide bonds. The number of phenols is 1. The molecule has 2 rings (SSSR count). The topological polar surface area (TPSA) is 67.8 Å². The van der Waals surface area contributed by atoms with E-state index >= 15 is 0 Å². The van der Waals surface area contributed by atoms with E-state index in [2.05, 4.69) is 17.4 Å². The van der Waals surface area contributed by atoms with E-state index in [4.69, 9.17) is 21.7 Å². The van der Waals surface area contributed by atoms with Gasteiger partial charge in [0.2, 0.25) is 0 Å². The lowest BCUT2D eigenvalue weighted by molar-refractivity contribution is -0.148. The van der Waals surface area contributed by atoms with Gasteiger partial charge in [-0.3, -0.25) is 4.79 Å². The Morgan fingerprint density at radius 1 is 1.14 bits per heavy atom. The second-order valence-electron chi connectivity index (χ2n) is 7.33. The molecule has 0 aliphatic heterocycles. The van der Waals surface area contributed by atoms with E-state index in [0.29, 0.717) is 30.3 Å². The number of thiocarbonyl (C=S) groups is 1. The van der Waals surface area contributed by atoms with Crippen LogP contribution in [0.25, 0.3) is 0 Å². The summed E-state index contributed by atoms with van der Waals surface area (Å²) in [6.07, 6.45) is 1.39. The van der Waals surface area contributed by atoms with Crippen LogP contribution in [0.1, 0.15) is 31.4 Å². The highest BCUT2D eigenvalue weighted by atomic mass is 32.1. The lowest BCUT2D eigenvalue weighted by atomic mass is 9.96. The van der Waals surface area contributed by atoms with Gasteiger partial charge in [0.25, 0.3) is 0 Å². The molecule has 6 heteroatoms. The summed E-state index contributed by atoms with van der Waals surface area (Å²) in [6, 6.07) is 15.3. The Bertz CT molecular complexity index is 808. The SMILES string of the molecule is COc1cc(CNC(=S)CC(COC(=O)C(C)C)Cc2ccccc2)ccc1O. The number of carbonyl (C=O) groups excluding carboxylic acids is 1. The van der Waals surface area contributed by atoms with Crippen LogP contribution < -0.4 is 10.1 Å². The summed E-state index contributed by atoms with van der Waals surface area (Å²) in [7, 11) is 1.52. The molecule has 0 aliphatic carbocycles. The molecule has 1 unspecified atom stereocenters. The molecule has 2 aromatic rings. The molecule has 29 heavy (non-hydrogen) atoms. The van der Waals surface area contributed by atoms with Crippen LogP contribution in [-0.2, 0) is 22.5 Å². The largest absolute Gasteiger partial charge is 0.504 e. The van der Waals surface area contributed by atoms with E-state index in [9.17, 15) is 9.90 Å². The summed E-state index contributed by atoms with van der Waals surface area (Å²) in [6.45, 7) is 4.51. The van der Waals surface area contributed by atoms with Crippen molar-refractivity contribution in [3.63, 3.8) is 0 Å². The van der Waals surface area contributed by atoms with Gasteiger partial charge in [-0.05, 0) is 29.7 Å². The third-order valence-electron chi connectivity index (χ3n) is 4.51. The highest BCUT2D eigenvalue weighted by molar-refractivity contribution is 7.80. The van der Waals surface area contributed by atoms with Gasteiger partial charge in [0.1, 0.15) is 0 Å². The zero-order valence-electron chi connectivity index (χ0n) is 17.2. The van der Waals surface area contributed by atoms with Crippen LogP contribution in [-0.4, -0.2) is 29.8 Å². The summed E-state index contributed by atoms with van der Waals surface area (Å²) in [5.41, 5.74) is 2.14. The summed E-state index contributed by atoms with van der Waals surface area (Å²) < 4.78 is 10.6. The monoisotopic (exact) mass is 415 g/mol. The predicted molar refractivity (Wildman–Crippen MR) is 118 cm³/mol. The van der Waals surface area contributed by atoms with Crippen molar-refractivity contribution in [3.05, 3.63) is 59.7 Å². The molecule has 0 bridgehead atoms. The number of rotatable bonds is 10. The van der Waals surface area contributed by atoms with Crippen LogP contribution >= 0.6 is 12.2 Å². The Hall–Kier alpha value is -2.60. The molecule has 156 valence electrons. The molecule has 5 nitrogen and oxygen atoms in total. The summed E-state index contributed by atoms with van der Waals surface area (Å²) >= 11 is 5.53. The normalized spacial score (nSPS) is 11.7. The number of hydrogen-bond donors (Lipinski definition) is 2. The second-order valence-corrected chi connectivity index (χ2v) is 7.82. The van der Waals surface area contributed by atoms with Crippen molar-refractivity contribution < 1.29 is 19.4 Å². The maximum absolute atomic E-state index is 11.9. The van der Waals surface area contributed by atoms with Gasteiger partial charge in [0, 0.05) is 18.9 Å². The van der Waals surface area contributed by atoms with Crippen molar-refractivity contribution in [2.24, 2.45) is 11.8 Å². The fourth-order valence-electron chi connectivity index (χ4n) is 2.87. The van der Waals surface area contributed by atoms with Gasteiger partial charge in [-0.1, -0.05) is 62.5 Å². The molecule has 0 spiro atoms. The highest BCUT2D eigenvalue weighted by Gasteiger charge is 2.17. The molecular weight excluding hydrogens is 386 g/mol. The summed E-state index contributed by atoms with van der Waals surface area (Å²) in [5, 5.41) is 13.0. The summed E-state index contributed by atoms with van der Waals surface area (Å²) in [5.74, 6) is 0.279. The third-order valence-corrected chi connectivity index (χ3v) is 4.82. The van der Waals surface area contributed by atoms with E-state index in [1.54, 1.807) is 12.1 Å². The van der Waals surface area contributed by atoms with Crippen molar-refractivity contribution in [3.8, 4) is 11.5 Å². The Balaban J connectivity index is 1.95. The van der Waals surface area contributed by atoms with Crippen molar-refractivity contribution in [1.29, 1.82) is 0 Å². The number of esters is 1. The van der Waals surface area contributed by atoms with Crippen LogP contribution in [0.15, 0.2) is 48.5 Å². The van der Waals surface area contributed by atoms with E-state index < -0.39 is 0 Å². The van der Waals surface area contributed by atoms with Crippen LogP contribution in [0.4, 0.5) is 0 Å². The molecule has 0 fully saturated rings. The molecule has 0 radical (unpaired) electrons. The minimum Gasteiger partial charge on any atom is -0.504 e. The lowest BCUT2D eigenvalue weighted by Gasteiger charge is -2.19. The highest BCUT2D eigenvalue weighted by Crippen LogP contribution is 2.26. The van der Waals surface area contributed by atoms with Gasteiger partial charge >= 0.3 is 5.97 Å². The zero-order chi connectivity index (χ0) is 21.2. The van der Waals surface area contributed by atoms with Gasteiger partial charge in [-0.15, -0.1) is 0 Å². The first-order chi connectivity index (χ1) is 13.9. The number of phenolic OH excluding ortho intramolecular Hbond substituents is 1. The van der Waals surface area contributed by atoms with Crippen LogP contribution in [0.2, 0.25) is 0 Å². The zero-order valence-corrected chi connectivity index (χ0v) is 18.0. The van der Waals surface area contributed by atoms with E-state index in [0.717, 1.165) is 12.0 Å². The molecule has 2 N–H and O–H groups in total. The molecule has 0 saturated carbocycles. The Morgan fingerprint density at radius 2 is 1.86 bits per heavy atom. The fourth-order valence-corrected chi connectivity index (χ4v) is 3.18. The maximum atomic E-state index is 11.9. The van der Waals surface area contributed by atoms with E-state index in [-0.39, 0.29) is 23.6 Å². The number of aromatic hydroxyl groups is 1. The van der Waals surface area contributed by atoms with Gasteiger partial charge in [0.05, 0.1) is 24.6 Å². The van der Waals surface area contributed by atoms with Crippen LogP contribution in [0.5, 0.6) is 11.5 Å². The maximum Gasteiger partial charge on any atom is 0.308 e. The molecule has 2 aromatic carbocycles. The van der Waals surface area contributed by atoms with E-state index in [1.165, 1.54) is 12.7 Å². The van der Waals surface area contributed by atoms with Crippen molar-refractivity contribution in [2.45, 2.75) is 33.2 Å². The number of ether oxygens (including phenoxy) is 2. The standard InChI is InChI=1S/C23H29NO4S/c1-16(2)23(26)28-15-19(11-17-7-5-4-6-8-17)13-22(29)24-14-18-9-10-20(25)21(12-18)27-3/h4-10,12,16,19,25H,11,13-15H2,1-3H3,(H,24,29). The third kappa shape index (κ3) is 7.74. The minimum atomic E-state index is -0.196. The molecule has 0 aliphatic rings. The minimum absolute atomic E-state index is 0.0921. The van der Waals surface area contributed by atoms with Gasteiger partial charge in [-0.2, -0.15) is 0 Å². The molecule has 1 atom stereocenters. The van der Waals surface area contributed by atoms with Gasteiger partial charge < -0.3 is 19.9 Å². The number of nitrogens with one attached hydrogen (secondary N) is 1. The van der Waals surface area contributed by atoms with Gasteiger partial charge in [0.15, 0.2) is 11.5 Å². The summed E-state index contributed by atoms with van der Waals surface area (Å²) in [4.78, 5) is 12.6. The Morgan fingerprint density at radius 3 is 2.52 bits per heavy atom. The van der Waals surface area contributed by atoms with Crippen LogP contribution in [0, 0.1) is 11.8 Å². The first-order valence-electron chi connectivity index (χ1n) is 9.72. The number of benzene rings is 2. The quantitative estimate of drug-likeness (QED) is 0.446. The van der Waals surface area contributed by atoms with Crippen molar-refractivity contribution >= 4 is 23.2 Å². The molecular formula is C23H29NO4S. The number of methoxy groups -OCH3 is 1. The van der Waals surface area contributed by atoms with Gasteiger partial charge in [-0.25, -0.2) is 0 Å². The average Bonchev–Trinajstić information content (AvgIpc) is 2.71. The molecule has 0 heterocycles. The predicted octanol–water partition coefficient (Wildman–Crippen LogP) is 4.27. The first kappa shape index (κ1) is 22.7. The smallest absolute Gasteiger partial charge is 0.308 e. The molecule has 0 saturated heterocycles. The first-order valence-corrected chi connectivity index (χ1v) is 10.1. The second kappa shape index (κ2) is 11.4. The van der Waals surface area contributed by atoms with Crippen LogP contribution in [0.3, 0.4) is 0 Å². The Kier molecular flexibility index (Phi) is 8.93. The Labute approximate surface area is 178 Å². The number of carbonyl (C=O) groups is 1. The van der Waals surface area contributed by atoms with Crippen molar-refractivity contribution in [1.82, 2.24) is 5.32 Å². The number of hydrogen-bond acceptors (Lipinski definition) is 5. The average molecular weight is 416 g/mol. The molecule has 0 aromatic heterocycles. The lowest BCUT2D eigenvalue weighted by Crippen LogP contribution is -2.27. The fraction of sp³-hybridized carbons (Fsp3) is 0.391. The van der Waals surface area contributed by atoms with E-state index in [1.807, 2.05) is 38.1 Å².